The number of hydrogen-bond donors (Lipinski definition) is 1. The van der Waals surface area contributed by atoms with E-state index in [1.54, 1.807) is 19.1 Å². The van der Waals surface area contributed by atoms with Crippen LogP contribution < -0.4 is 4.31 Å². The first kappa shape index (κ1) is 17.9. The molecule has 0 aromatic heterocycles. The van der Waals surface area contributed by atoms with Crippen molar-refractivity contribution < 1.29 is 22.7 Å². The highest BCUT2D eigenvalue weighted by atomic mass is 32.2. The summed E-state index contributed by atoms with van der Waals surface area (Å²) in [6, 6.07) is 9.78. The van der Waals surface area contributed by atoms with Gasteiger partial charge < -0.3 is 5.11 Å². The average molecular weight is 351 g/mol. The maximum absolute atomic E-state index is 13.1. The van der Waals surface area contributed by atoms with Crippen LogP contribution in [0.2, 0.25) is 0 Å². The number of rotatable bonds is 6. The molecule has 0 saturated heterocycles. The largest absolute Gasteiger partial charge is 0.481 e. The van der Waals surface area contributed by atoms with Crippen LogP contribution in [0.1, 0.15) is 17.5 Å². The summed E-state index contributed by atoms with van der Waals surface area (Å²) in [6.45, 7) is 3.37. The van der Waals surface area contributed by atoms with E-state index in [0.29, 0.717) is 11.3 Å². The van der Waals surface area contributed by atoms with Crippen molar-refractivity contribution in [3.8, 4) is 0 Å². The molecule has 24 heavy (non-hydrogen) atoms. The van der Waals surface area contributed by atoms with Gasteiger partial charge in [-0.3, -0.25) is 9.10 Å². The molecule has 0 saturated carbocycles. The first-order valence-electron chi connectivity index (χ1n) is 7.29. The predicted molar refractivity (Wildman–Crippen MR) is 89.1 cm³/mol. The molecule has 128 valence electrons. The highest BCUT2D eigenvalue weighted by Gasteiger charge is 2.26. The van der Waals surface area contributed by atoms with Gasteiger partial charge in [0, 0.05) is 6.54 Å². The minimum absolute atomic E-state index is 0.0878. The molecular formula is C17H18FNO4S. The Kier molecular flexibility index (Phi) is 5.23. The number of carboxylic acids is 1. The van der Waals surface area contributed by atoms with E-state index in [1.807, 2.05) is 13.0 Å². The third-order valence-electron chi connectivity index (χ3n) is 3.56. The first-order chi connectivity index (χ1) is 11.2. The van der Waals surface area contributed by atoms with E-state index < -0.39 is 21.8 Å². The van der Waals surface area contributed by atoms with Crippen molar-refractivity contribution in [1.29, 1.82) is 0 Å². The molecule has 0 radical (unpaired) electrons. The maximum atomic E-state index is 13.1. The summed E-state index contributed by atoms with van der Waals surface area (Å²) < 4.78 is 40.0. The molecule has 1 N–H and O–H groups in total. The smallest absolute Gasteiger partial charge is 0.305 e. The highest BCUT2D eigenvalue weighted by Crippen LogP contribution is 2.28. The molecule has 0 atom stereocenters. The van der Waals surface area contributed by atoms with Crippen LogP contribution in [-0.4, -0.2) is 26.0 Å². The van der Waals surface area contributed by atoms with E-state index in [2.05, 4.69) is 0 Å². The summed E-state index contributed by atoms with van der Waals surface area (Å²) in [6.07, 6.45) is -0.339. The zero-order valence-electron chi connectivity index (χ0n) is 13.4. The molecule has 2 aromatic rings. The van der Waals surface area contributed by atoms with E-state index in [1.165, 1.54) is 12.1 Å². The maximum Gasteiger partial charge on any atom is 0.305 e. The van der Waals surface area contributed by atoms with Crippen molar-refractivity contribution >= 4 is 21.7 Å². The Morgan fingerprint density at radius 1 is 1.12 bits per heavy atom. The molecule has 0 fully saturated rings. The quantitative estimate of drug-likeness (QED) is 0.868. The number of nitrogens with zero attached hydrogens (tertiary/aromatic N) is 1. The Morgan fingerprint density at radius 2 is 1.75 bits per heavy atom. The number of anilines is 1. The van der Waals surface area contributed by atoms with Crippen molar-refractivity contribution in [2.75, 3.05) is 10.8 Å². The number of aryl methyl sites for hydroxylation is 2. The van der Waals surface area contributed by atoms with Gasteiger partial charge in [0.15, 0.2) is 0 Å². The lowest BCUT2D eigenvalue weighted by Gasteiger charge is -2.26. The summed E-state index contributed by atoms with van der Waals surface area (Å²) in [5.74, 6) is -1.64. The van der Waals surface area contributed by atoms with Crippen LogP contribution in [0.25, 0.3) is 0 Å². The molecule has 5 nitrogen and oxygen atoms in total. The van der Waals surface area contributed by atoms with Crippen LogP contribution in [0.3, 0.4) is 0 Å². The standard InChI is InChI=1S/C17H18FNO4S/c1-12-3-4-13(2)16(11-12)19(10-9-17(20)21)24(22,23)15-7-5-14(18)6-8-15/h3-8,11H,9-10H2,1-2H3,(H,20,21). The van der Waals surface area contributed by atoms with Crippen molar-refractivity contribution in [3.05, 3.63) is 59.4 Å². The summed E-state index contributed by atoms with van der Waals surface area (Å²) in [5.41, 5.74) is 1.97. The fourth-order valence-electron chi connectivity index (χ4n) is 2.29. The fraction of sp³-hybridized carbons (Fsp3) is 0.235. The van der Waals surface area contributed by atoms with Gasteiger partial charge in [-0.15, -0.1) is 0 Å². The normalized spacial score (nSPS) is 11.3. The average Bonchev–Trinajstić information content (AvgIpc) is 2.50. The topological polar surface area (TPSA) is 74.7 Å². The number of hydrogen-bond acceptors (Lipinski definition) is 3. The van der Waals surface area contributed by atoms with E-state index >= 15 is 0 Å². The molecule has 0 unspecified atom stereocenters. The number of benzene rings is 2. The minimum Gasteiger partial charge on any atom is -0.481 e. The van der Waals surface area contributed by atoms with Gasteiger partial charge in [-0.25, -0.2) is 12.8 Å². The van der Waals surface area contributed by atoms with Gasteiger partial charge in [-0.2, -0.15) is 0 Å². The third-order valence-corrected chi connectivity index (χ3v) is 5.39. The number of carbonyl (C=O) groups is 1. The molecule has 0 aliphatic carbocycles. The molecule has 0 amide bonds. The molecule has 0 bridgehead atoms. The second-order valence-corrected chi connectivity index (χ2v) is 7.33. The van der Waals surface area contributed by atoms with Crippen LogP contribution in [0, 0.1) is 19.7 Å². The summed E-state index contributed by atoms with van der Waals surface area (Å²) >= 11 is 0. The lowest BCUT2D eigenvalue weighted by atomic mass is 10.1. The van der Waals surface area contributed by atoms with Crippen LogP contribution in [0.4, 0.5) is 10.1 Å². The second kappa shape index (κ2) is 7.00. The SMILES string of the molecule is Cc1ccc(C)c(N(CCC(=O)O)S(=O)(=O)c2ccc(F)cc2)c1. The minimum atomic E-state index is -4.00. The number of carboxylic acid groups (broad SMARTS) is 1. The molecule has 0 spiro atoms. The summed E-state index contributed by atoms with van der Waals surface area (Å²) in [7, 11) is -4.00. The Labute approximate surface area is 140 Å². The molecular weight excluding hydrogens is 333 g/mol. The van der Waals surface area contributed by atoms with Gasteiger partial charge >= 0.3 is 5.97 Å². The zero-order chi connectivity index (χ0) is 17.9. The predicted octanol–water partition coefficient (Wildman–Crippen LogP) is 3.11. The fourth-order valence-corrected chi connectivity index (χ4v) is 3.81. The van der Waals surface area contributed by atoms with Gasteiger partial charge in [-0.1, -0.05) is 12.1 Å². The lowest BCUT2D eigenvalue weighted by Crippen LogP contribution is -2.33. The summed E-state index contributed by atoms with van der Waals surface area (Å²) in [5, 5.41) is 8.93. The molecule has 7 heteroatoms. The zero-order valence-corrected chi connectivity index (χ0v) is 14.2. The molecule has 0 heterocycles. The first-order valence-corrected chi connectivity index (χ1v) is 8.73. The van der Waals surface area contributed by atoms with Gasteiger partial charge in [0.2, 0.25) is 0 Å². The van der Waals surface area contributed by atoms with Gasteiger partial charge in [0.05, 0.1) is 17.0 Å². The van der Waals surface area contributed by atoms with Crippen LogP contribution in [0.15, 0.2) is 47.4 Å². The Balaban J connectivity index is 2.54. The number of sulfonamides is 1. The van der Waals surface area contributed by atoms with Crippen LogP contribution >= 0.6 is 0 Å². The monoisotopic (exact) mass is 351 g/mol. The highest BCUT2D eigenvalue weighted by molar-refractivity contribution is 7.92. The Hall–Kier alpha value is -2.41. The van der Waals surface area contributed by atoms with Crippen LogP contribution in [-0.2, 0) is 14.8 Å². The van der Waals surface area contributed by atoms with E-state index in [-0.39, 0.29) is 17.9 Å². The van der Waals surface area contributed by atoms with Crippen molar-refractivity contribution in [2.24, 2.45) is 0 Å². The van der Waals surface area contributed by atoms with Gasteiger partial charge in [0.25, 0.3) is 10.0 Å². The summed E-state index contributed by atoms with van der Waals surface area (Å²) in [4.78, 5) is 10.8. The van der Waals surface area contributed by atoms with E-state index in [0.717, 1.165) is 22.0 Å². The van der Waals surface area contributed by atoms with Crippen molar-refractivity contribution in [3.63, 3.8) is 0 Å². The van der Waals surface area contributed by atoms with E-state index in [9.17, 15) is 17.6 Å². The van der Waals surface area contributed by atoms with Crippen molar-refractivity contribution in [1.82, 2.24) is 0 Å². The second-order valence-electron chi connectivity index (χ2n) is 5.46. The molecule has 2 aromatic carbocycles. The van der Waals surface area contributed by atoms with Crippen molar-refractivity contribution in [2.45, 2.75) is 25.2 Å². The molecule has 0 aliphatic heterocycles. The number of aliphatic carboxylic acids is 1. The lowest BCUT2D eigenvalue weighted by molar-refractivity contribution is -0.136. The molecule has 0 aliphatic rings. The van der Waals surface area contributed by atoms with Crippen LogP contribution in [0.5, 0.6) is 0 Å². The van der Waals surface area contributed by atoms with Gasteiger partial charge in [-0.05, 0) is 55.3 Å². The molecule has 2 rings (SSSR count). The number of halogens is 1. The Morgan fingerprint density at radius 3 is 2.33 bits per heavy atom. The third kappa shape index (κ3) is 3.91. The van der Waals surface area contributed by atoms with E-state index in [4.69, 9.17) is 5.11 Å². The van der Waals surface area contributed by atoms with Gasteiger partial charge in [0.1, 0.15) is 5.82 Å². The Bertz CT molecular complexity index is 847.